The molecule has 1 atom stereocenters. The molecule has 4 rings (SSSR count). The highest BCUT2D eigenvalue weighted by Gasteiger charge is 2.39. The molecule has 0 spiro atoms. The Bertz CT molecular complexity index is 1060. The topological polar surface area (TPSA) is 84.9 Å². The van der Waals surface area contributed by atoms with E-state index in [1.807, 2.05) is 24.3 Å². The third-order valence-corrected chi connectivity index (χ3v) is 8.43. The molecular weight excluding hydrogens is 428 g/mol. The monoisotopic (exact) mass is 458 g/mol. The number of hydrogen-bond acceptors (Lipinski definition) is 5. The van der Waals surface area contributed by atoms with E-state index < -0.39 is 10.0 Å². The summed E-state index contributed by atoms with van der Waals surface area (Å²) in [6.45, 7) is 5.66. The van der Waals surface area contributed by atoms with Gasteiger partial charge < -0.3 is 14.8 Å². The standard InChI is InChI=1S/C24H30N2O5S/c1-3-24(4-2)17-21(20-7-5-6-8-22(20)31-24)25-23(27)18-9-11-19(12-10-18)32(28,29)26-13-15-30-16-14-26/h5-12,21H,3-4,13-17H2,1-2H3,(H,25,27)/t21-/m0/s1. The van der Waals surface area contributed by atoms with E-state index >= 15 is 0 Å². The summed E-state index contributed by atoms with van der Waals surface area (Å²) in [4.78, 5) is 13.2. The summed E-state index contributed by atoms with van der Waals surface area (Å²) in [7, 11) is -3.59. The first-order valence-electron chi connectivity index (χ1n) is 11.2. The van der Waals surface area contributed by atoms with Gasteiger partial charge in [0, 0.05) is 30.6 Å². The van der Waals surface area contributed by atoms with Crippen LogP contribution >= 0.6 is 0 Å². The maximum absolute atomic E-state index is 13.0. The molecule has 1 saturated heterocycles. The Morgan fingerprint density at radius 2 is 1.72 bits per heavy atom. The fraction of sp³-hybridized carbons (Fsp3) is 0.458. The molecular formula is C24H30N2O5S. The first-order valence-corrected chi connectivity index (χ1v) is 12.6. The molecule has 32 heavy (non-hydrogen) atoms. The zero-order valence-electron chi connectivity index (χ0n) is 18.5. The zero-order valence-corrected chi connectivity index (χ0v) is 19.4. The molecule has 2 heterocycles. The highest BCUT2D eigenvalue weighted by Crippen LogP contribution is 2.42. The van der Waals surface area contributed by atoms with Crippen molar-refractivity contribution in [1.29, 1.82) is 0 Å². The second-order valence-electron chi connectivity index (χ2n) is 8.30. The number of benzene rings is 2. The SMILES string of the molecule is CCC1(CC)C[C@H](NC(=O)c2ccc(S(=O)(=O)N3CCOCC3)cc2)c2ccccc2O1. The molecule has 0 saturated carbocycles. The number of sulfonamides is 1. The van der Waals surface area contributed by atoms with Crippen molar-refractivity contribution < 1.29 is 22.7 Å². The van der Waals surface area contributed by atoms with Crippen molar-refractivity contribution in [1.82, 2.24) is 9.62 Å². The number of carbonyl (C=O) groups excluding carboxylic acids is 1. The van der Waals surface area contributed by atoms with Crippen LogP contribution in [-0.4, -0.2) is 50.5 Å². The van der Waals surface area contributed by atoms with E-state index in [0.717, 1.165) is 24.2 Å². The fourth-order valence-corrected chi connectivity index (χ4v) is 5.79. The number of ether oxygens (including phenoxy) is 2. The molecule has 2 aliphatic heterocycles. The smallest absolute Gasteiger partial charge is 0.251 e. The molecule has 0 unspecified atom stereocenters. The summed E-state index contributed by atoms with van der Waals surface area (Å²) in [5.74, 6) is 0.572. The van der Waals surface area contributed by atoms with E-state index in [1.165, 1.54) is 16.4 Å². The molecule has 1 fully saturated rings. The van der Waals surface area contributed by atoms with Gasteiger partial charge in [-0.1, -0.05) is 32.0 Å². The molecule has 0 aromatic heterocycles. The van der Waals surface area contributed by atoms with Crippen molar-refractivity contribution in [3.63, 3.8) is 0 Å². The number of amides is 1. The normalized spacial score (nSPS) is 20.8. The van der Waals surface area contributed by atoms with Crippen molar-refractivity contribution in [2.45, 2.75) is 49.6 Å². The minimum absolute atomic E-state index is 0.177. The van der Waals surface area contributed by atoms with Gasteiger partial charge in [-0.3, -0.25) is 4.79 Å². The van der Waals surface area contributed by atoms with Crippen molar-refractivity contribution in [2.75, 3.05) is 26.3 Å². The van der Waals surface area contributed by atoms with Crippen LogP contribution in [0.2, 0.25) is 0 Å². The molecule has 1 amide bonds. The number of rotatable bonds is 6. The third-order valence-electron chi connectivity index (χ3n) is 6.52. The van der Waals surface area contributed by atoms with Crippen LogP contribution in [0.5, 0.6) is 5.75 Å². The Morgan fingerprint density at radius 3 is 2.38 bits per heavy atom. The minimum Gasteiger partial charge on any atom is -0.487 e. The first kappa shape index (κ1) is 22.8. The number of nitrogens with zero attached hydrogens (tertiary/aromatic N) is 1. The van der Waals surface area contributed by atoms with Gasteiger partial charge in [-0.15, -0.1) is 0 Å². The Kier molecular flexibility index (Phi) is 6.55. The second-order valence-corrected chi connectivity index (χ2v) is 10.2. The molecule has 0 radical (unpaired) electrons. The molecule has 1 N–H and O–H groups in total. The lowest BCUT2D eigenvalue weighted by Gasteiger charge is -2.41. The van der Waals surface area contributed by atoms with E-state index in [0.29, 0.717) is 38.3 Å². The van der Waals surface area contributed by atoms with E-state index in [9.17, 15) is 13.2 Å². The Hall–Kier alpha value is -2.42. The summed E-state index contributed by atoms with van der Waals surface area (Å²) in [5.41, 5.74) is 1.07. The average molecular weight is 459 g/mol. The zero-order chi connectivity index (χ0) is 22.8. The van der Waals surface area contributed by atoms with Gasteiger partial charge in [0.2, 0.25) is 10.0 Å². The molecule has 2 aromatic rings. The Balaban J connectivity index is 1.52. The van der Waals surface area contributed by atoms with Crippen LogP contribution in [0, 0.1) is 0 Å². The third kappa shape index (κ3) is 4.40. The summed E-state index contributed by atoms with van der Waals surface area (Å²) in [6, 6.07) is 13.8. The summed E-state index contributed by atoms with van der Waals surface area (Å²) in [5, 5.41) is 3.14. The van der Waals surface area contributed by atoms with Crippen molar-refractivity contribution >= 4 is 15.9 Å². The van der Waals surface area contributed by atoms with Gasteiger partial charge in [-0.05, 0) is 43.2 Å². The summed E-state index contributed by atoms with van der Waals surface area (Å²) >= 11 is 0. The predicted molar refractivity (Wildman–Crippen MR) is 121 cm³/mol. The number of nitrogens with one attached hydrogen (secondary N) is 1. The van der Waals surface area contributed by atoms with Crippen molar-refractivity contribution in [3.8, 4) is 5.75 Å². The number of fused-ring (bicyclic) bond motifs is 1. The van der Waals surface area contributed by atoms with E-state index in [-0.39, 0.29) is 22.4 Å². The summed E-state index contributed by atoms with van der Waals surface area (Å²) < 4.78 is 38.6. The van der Waals surface area contributed by atoms with Gasteiger partial charge in [-0.2, -0.15) is 4.31 Å². The van der Waals surface area contributed by atoms with Crippen LogP contribution in [0.3, 0.4) is 0 Å². The lowest BCUT2D eigenvalue weighted by molar-refractivity contribution is 0.0227. The maximum atomic E-state index is 13.0. The second kappa shape index (κ2) is 9.21. The van der Waals surface area contributed by atoms with Crippen molar-refractivity contribution in [3.05, 3.63) is 59.7 Å². The summed E-state index contributed by atoms with van der Waals surface area (Å²) in [6.07, 6.45) is 2.38. The lowest BCUT2D eigenvalue weighted by atomic mass is 9.83. The fourth-order valence-electron chi connectivity index (χ4n) is 4.39. The first-order chi connectivity index (χ1) is 15.4. The van der Waals surface area contributed by atoms with Gasteiger partial charge >= 0.3 is 0 Å². The molecule has 2 aliphatic rings. The van der Waals surface area contributed by atoms with Crippen LogP contribution in [0.4, 0.5) is 0 Å². The van der Waals surface area contributed by atoms with Gasteiger partial charge in [0.05, 0.1) is 24.2 Å². The van der Waals surface area contributed by atoms with Gasteiger partial charge in [-0.25, -0.2) is 8.42 Å². The molecule has 8 heteroatoms. The Labute approximate surface area is 189 Å². The van der Waals surface area contributed by atoms with Crippen molar-refractivity contribution in [2.24, 2.45) is 0 Å². The van der Waals surface area contributed by atoms with E-state index in [1.54, 1.807) is 12.1 Å². The molecule has 0 bridgehead atoms. The van der Waals surface area contributed by atoms with E-state index in [2.05, 4.69) is 19.2 Å². The predicted octanol–water partition coefficient (Wildman–Crippen LogP) is 3.52. The van der Waals surface area contributed by atoms with Crippen LogP contribution < -0.4 is 10.1 Å². The van der Waals surface area contributed by atoms with Crippen LogP contribution in [0.15, 0.2) is 53.4 Å². The largest absolute Gasteiger partial charge is 0.487 e. The number of morpholine rings is 1. The van der Waals surface area contributed by atoms with Crippen LogP contribution in [0.1, 0.15) is 55.1 Å². The minimum atomic E-state index is -3.59. The lowest BCUT2D eigenvalue weighted by Crippen LogP contribution is -2.44. The number of para-hydroxylation sites is 1. The number of carbonyl (C=O) groups is 1. The van der Waals surface area contributed by atoms with Gasteiger partial charge in [0.1, 0.15) is 11.4 Å². The molecule has 2 aromatic carbocycles. The maximum Gasteiger partial charge on any atom is 0.251 e. The Morgan fingerprint density at radius 1 is 1.06 bits per heavy atom. The highest BCUT2D eigenvalue weighted by atomic mass is 32.2. The van der Waals surface area contributed by atoms with E-state index in [4.69, 9.17) is 9.47 Å². The highest BCUT2D eigenvalue weighted by molar-refractivity contribution is 7.89. The molecule has 0 aliphatic carbocycles. The van der Waals surface area contributed by atoms with Gasteiger partial charge in [0.15, 0.2) is 0 Å². The van der Waals surface area contributed by atoms with Crippen LogP contribution in [0.25, 0.3) is 0 Å². The number of hydrogen-bond donors (Lipinski definition) is 1. The van der Waals surface area contributed by atoms with Crippen LogP contribution in [-0.2, 0) is 14.8 Å². The van der Waals surface area contributed by atoms with Gasteiger partial charge in [0.25, 0.3) is 5.91 Å². The molecule has 172 valence electrons. The quantitative estimate of drug-likeness (QED) is 0.716. The average Bonchev–Trinajstić information content (AvgIpc) is 2.84. The molecule has 7 nitrogen and oxygen atoms in total.